The van der Waals surface area contributed by atoms with E-state index in [-0.39, 0.29) is 12.2 Å². The van der Waals surface area contributed by atoms with Crippen LogP contribution in [0.2, 0.25) is 0 Å². The highest BCUT2D eigenvalue weighted by atomic mass is 19.4. The van der Waals surface area contributed by atoms with Gasteiger partial charge in [0.25, 0.3) is 6.43 Å². The Balaban J connectivity index is 2.66. The van der Waals surface area contributed by atoms with Crippen LogP contribution in [0.25, 0.3) is 0 Å². The molecular weight excluding hydrogens is 257 g/mol. The zero-order valence-electron chi connectivity index (χ0n) is 9.25. The molecule has 0 aromatic heterocycles. The molecule has 1 unspecified atom stereocenters. The van der Waals surface area contributed by atoms with Crippen LogP contribution in [-0.2, 0) is 10.9 Å². The average Bonchev–Trinajstić information content (AvgIpc) is 2.27. The second-order valence-electron chi connectivity index (χ2n) is 3.66. The van der Waals surface area contributed by atoms with Crippen molar-refractivity contribution in [2.45, 2.75) is 18.6 Å². The molecule has 1 aromatic carbocycles. The fourth-order valence-corrected chi connectivity index (χ4v) is 1.33. The predicted octanol–water partition coefficient (Wildman–Crippen LogP) is 2.99. The van der Waals surface area contributed by atoms with Crippen LogP contribution in [0.4, 0.5) is 22.0 Å². The predicted molar refractivity (Wildman–Crippen MR) is 55.2 cm³/mol. The molecule has 2 nitrogen and oxygen atoms in total. The van der Waals surface area contributed by atoms with E-state index < -0.39 is 30.8 Å². The maximum absolute atomic E-state index is 12.4. The molecule has 0 spiro atoms. The monoisotopic (exact) mass is 269 g/mol. The van der Waals surface area contributed by atoms with Crippen LogP contribution in [-0.4, -0.2) is 19.6 Å². The van der Waals surface area contributed by atoms with Crippen molar-refractivity contribution in [1.82, 2.24) is 0 Å². The summed E-state index contributed by atoms with van der Waals surface area (Å²) in [4.78, 5) is 0. The van der Waals surface area contributed by atoms with Crippen LogP contribution >= 0.6 is 0 Å². The highest BCUT2D eigenvalue weighted by molar-refractivity contribution is 5.27. The van der Waals surface area contributed by atoms with Gasteiger partial charge in [0, 0.05) is 0 Å². The van der Waals surface area contributed by atoms with Crippen molar-refractivity contribution < 1.29 is 26.7 Å². The van der Waals surface area contributed by atoms with Crippen LogP contribution in [0.5, 0.6) is 0 Å². The Kier molecular flexibility index (Phi) is 5.03. The molecule has 0 heterocycles. The molecule has 2 N–H and O–H groups in total. The van der Waals surface area contributed by atoms with E-state index in [0.29, 0.717) is 0 Å². The lowest BCUT2D eigenvalue weighted by molar-refractivity contribution is -0.137. The van der Waals surface area contributed by atoms with Gasteiger partial charge in [-0.15, -0.1) is 0 Å². The lowest BCUT2D eigenvalue weighted by Gasteiger charge is -2.14. The standard InChI is InChI=1S/C11H12F5NO/c12-10(13)6-18-5-9(17)7-2-1-3-8(4-7)11(14,15)16/h1-4,9-10H,5-6,17H2. The third-order valence-electron chi connectivity index (χ3n) is 2.18. The molecule has 0 radical (unpaired) electrons. The number of nitrogens with two attached hydrogens (primary N) is 1. The van der Waals surface area contributed by atoms with Gasteiger partial charge in [-0.2, -0.15) is 13.2 Å². The molecule has 0 saturated carbocycles. The van der Waals surface area contributed by atoms with Crippen molar-refractivity contribution in [2.75, 3.05) is 13.2 Å². The molecular formula is C11H12F5NO. The van der Waals surface area contributed by atoms with Gasteiger partial charge in [0.15, 0.2) is 0 Å². The SMILES string of the molecule is NC(COCC(F)F)c1cccc(C(F)(F)F)c1. The Morgan fingerprint density at radius 2 is 1.83 bits per heavy atom. The minimum atomic E-state index is -4.46. The molecule has 18 heavy (non-hydrogen) atoms. The number of rotatable bonds is 5. The Morgan fingerprint density at radius 1 is 1.17 bits per heavy atom. The molecule has 0 amide bonds. The minimum Gasteiger partial charge on any atom is -0.374 e. The van der Waals surface area contributed by atoms with Gasteiger partial charge in [-0.05, 0) is 17.7 Å². The number of benzene rings is 1. The first-order valence-electron chi connectivity index (χ1n) is 5.09. The van der Waals surface area contributed by atoms with Gasteiger partial charge in [-0.3, -0.25) is 0 Å². The molecule has 1 atom stereocenters. The molecule has 7 heteroatoms. The van der Waals surface area contributed by atoms with Crippen molar-refractivity contribution in [1.29, 1.82) is 0 Å². The molecule has 1 rings (SSSR count). The van der Waals surface area contributed by atoms with E-state index in [1.807, 2.05) is 0 Å². The molecule has 0 aliphatic rings. The zero-order valence-corrected chi connectivity index (χ0v) is 9.25. The fourth-order valence-electron chi connectivity index (χ4n) is 1.33. The summed E-state index contributed by atoms with van der Waals surface area (Å²) in [6.45, 7) is -1.04. The average molecular weight is 269 g/mol. The Bertz CT molecular complexity index is 380. The van der Waals surface area contributed by atoms with E-state index in [0.717, 1.165) is 12.1 Å². The Hall–Kier alpha value is -1.21. The van der Waals surface area contributed by atoms with Crippen molar-refractivity contribution in [3.8, 4) is 0 Å². The quantitative estimate of drug-likeness (QED) is 0.834. The molecule has 0 aliphatic heterocycles. The molecule has 102 valence electrons. The molecule has 0 fully saturated rings. The van der Waals surface area contributed by atoms with E-state index in [2.05, 4.69) is 4.74 Å². The number of ether oxygens (including phenoxy) is 1. The smallest absolute Gasteiger partial charge is 0.374 e. The molecule has 1 aromatic rings. The summed E-state index contributed by atoms with van der Waals surface area (Å²) in [6.07, 6.45) is -7.08. The van der Waals surface area contributed by atoms with Crippen molar-refractivity contribution >= 4 is 0 Å². The highest BCUT2D eigenvalue weighted by Crippen LogP contribution is 2.30. The normalized spacial score (nSPS) is 13.9. The second-order valence-corrected chi connectivity index (χ2v) is 3.66. The van der Waals surface area contributed by atoms with Gasteiger partial charge in [-0.25, -0.2) is 8.78 Å². The van der Waals surface area contributed by atoms with Crippen LogP contribution in [0.1, 0.15) is 17.2 Å². The summed E-state index contributed by atoms with van der Waals surface area (Å²) in [7, 11) is 0. The topological polar surface area (TPSA) is 35.2 Å². The molecule has 0 bridgehead atoms. The van der Waals surface area contributed by atoms with Gasteiger partial charge in [0.2, 0.25) is 0 Å². The molecule has 0 saturated heterocycles. The third kappa shape index (κ3) is 4.58. The highest BCUT2D eigenvalue weighted by Gasteiger charge is 2.30. The maximum Gasteiger partial charge on any atom is 0.416 e. The summed E-state index contributed by atoms with van der Waals surface area (Å²) in [5.74, 6) is 0. The van der Waals surface area contributed by atoms with Crippen LogP contribution < -0.4 is 5.73 Å². The summed E-state index contributed by atoms with van der Waals surface area (Å²) in [6, 6.07) is 3.54. The van der Waals surface area contributed by atoms with Crippen LogP contribution in [0, 0.1) is 0 Å². The lowest BCUT2D eigenvalue weighted by Crippen LogP contribution is -2.20. The Morgan fingerprint density at radius 3 is 2.39 bits per heavy atom. The van der Waals surface area contributed by atoms with Gasteiger partial charge >= 0.3 is 6.18 Å². The number of halogens is 5. The first kappa shape index (κ1) is 14.8. The number of hydrogen-bond acceptors (Lipinski definition) is 2. The van der Waals surface area contributed by atoms with Crippen LogP contribution in [0.3, 0.4) is 0 Å². The third-order valence-corrected chi connectivity index (χ3v) is 2.18. The van der Waals surface area contributed by atoms with E-state index in [4.69, 9.17) is 5.73 Å². The summed E-state index contributed by atoms with van der Waals surface area (Å²) in [5, 5.41) is 0. The van der Waals surface area contributed by atoms with Crippen molar-refractivity contribution in [3.63, 3.8) is 0 Å². The molecule has 0 aliphatic carbocycles. The van der Waals surface area contributed by atoms with Gasteiger partial charge in [0.1, 0.15) is 6.61 Å². The largest absolute Gasteiger partial charge is 0.416 e. The van der Waals surface area contributed by atoms with Crippen molar-refractivity contribution in [2.24, 2.45) is 5.73 Å². The number of hydrogen-bond donors (Lipinski definition) is 1. The summed E-state index contributed by atoms with van der Waals surface area (Å²) in [5.41, 5.74) is 4.92. The summed E-state index contributed by atoms with van der Waals surface area (Å²) >= 11 is 0. The van der Waals surface area contributed by atoms with E-state index in [9.17, 15) is 22.0 Å². The fraction of sp³-hybridized carbons (Fsp3) is 0.455. The first-order chi connectivity index (χ1) is 8.30. The Labute approximate surface area is 101 Å². The zero-order chi connectivity index (χ0) is 13.8. The minimum absolute atomic E-state index is 0.194. The van der Waals surface area contributed by atoms with E-state index >= 15 is 0 Å². The maximum atomic E-state index is 12.4. The van der Waals surface area contributed by atoms with Gasteiger partial charge in [0.05, 0.1) is 18.2 Å². The van der Waals surface area contributed by atoms with Gasteiger partial charge < -0.3 is 10.5 Å². The van der Waals surface area contributed by atoms with Crippen LogP contribution in [0.15, 0.2) is 24.3 Å². The summed E-state index contributed by atoms with van der Waals surface area (Å²) < 4.78 is 65.4. The second kappa shape index (κ2) is 6.10. The first-order valence-corrected chi connectivity index (χ1v) is 5.09. The lowest BCUT2D eigenvalue weighted by atomic mass is 10.0. The van der Waals surface area contributed by atoms with E-state index in [1.165, 1.54) is 12.1 Å². The number of alkyl halides is 5. The van der Waals surface area contributed by atoms with Gasteiger partial charge in [-0.1, -0.05) is 12.1 Å². The van der Waals surface area contributed by atoms with E-state index in [1.54, 1.807) is 0 Å². The van der Waals surface area contributed by atoms with Crippen molar-refractivity contribution in [3.05, 3.63) is 35.4 Å².